The number of hydrogen-bond acceptors (Lipinski definition) is 1. The van der Waals surface area contributed by atoms with Gasteiger partial charge in [0, 0.05) is 6.04 Å². The van der Waals surface area contributed by atoms with Crippen LogP contribution in [0.3, 0.4) is 0 Å². The maximum absolute atomic E-state index is 13.0. The molecule has 0 heterocycles. The number of benzene rings is 1. The lowest BCUT2D eigenvalue weighted by atomic mass is 10.0. The first-order valence-electron chi connectivity index (χ1n) is 5.35. The van der Waals surface area contributed by atoms with E-state index >= 15 is 0 Å². The molecule has 15 heavy (non-hydrogen) atoms. The molecule has 0 spiro atoms. The minimum absolute atomic E-state index is 0.0217. The summed E-state index contributed by atoms with van der Waals surface area (Å²) in [6, 6.07) is 5.01. The van der Waals surface area contributed by atoms with Crippen LogP contribution in [0.15, 0.2) is 22.7 Å². The van der Waals surface area contributed by atoms with Crippen molar-refractivity contribution < 1.29 is 4.39 Å². The van der Waals surface area contributed by atoms with Crippen LogP contribution in [0.25, 0.3) is 0 Å². The van der Waals surface area contributed by atoms with Gasteiger partial charge in [0.25, 0.3) is 0 Å². The zero-order valence-corrected chi connectivity index (χ0v) is 10.6. The predicted molar refractivity (Wildman–Crippen MR) is 65.2 cm³/mol. The zero-order chi connectivity index (χ0) is 11.3. The Kier molecular flexibility index (Phi) is 5.26. The molecule has 1 aromatic rings. The van der Waals surface area contributed by atoms with Crippen LogP contribution in [-0.2, 0) is 0 Å². The van der Waals surface area contributed by atoms with E-state index in [0.29, 0.717) is 4.47 Å². The number of nitrogens with two attached hydrogens (primary N) is 1. The Bertz CT molecular complexity index is 314. The van der Waals surface area contributed by atoms with Crippen molar-refractivity contribution >= 4 is 15.9 Å². The van der Waals surface area contributed by atoms with Crippen LogP contribution in [0.1, 0.15) is 44.2 Å². The summed E-state index contributed by atoms with van der Waals surface area (Å²) in [7, 11) is 0. The van der Waals surface area contributed by atoms with Crippen LogP contribution >= 0.6 is 15.9 Å². The molecular weight excluding hydrogens is 257 g/mol. The highest BCUT2D eigenvalue weighted by Gasteiger charge is 2.07. The SMILES string of the molecule is CCCCCC(N)c1ccc(F)c(Br)c1. The minimum atomic E-state index is -0.237. The van der Waals surface area contributed by atoms with Gasteiger partial charge < -0.3 is 5.73 Å². The summed E-state index contributed by atoms with van der Waals surface area (Å²) in [4.78, 5) is 0. The average Bonchev–Trinajstić information content (AvgIpc) is 2.22. The second-order valence-electron chi connectivity index (χ2n) is 3.78. The van der Waals surface area contributed by atoms with Crippen LogP contribution in [0.2, 0.25) is 0 Å². The van der Waals surface area contributed by atoms with Crippen molar-refractivity contribution in [3.63, 3.8) is 0 Å². The quantitative estimate of drug-likeness (QED) is 0.801. The second kappa shape index (κ2) is 6.23. The van der Waals surface area contributed by atoms with E-state index in [4.69, 9.17) is 5.73 Å². The Morgan fingerprint density at radius 1 is 1.40 bits per heavy atom. The molecule has 0 amide bonds. The molecule has 0 aliphatic carbocycles. The van der Waals surface area contributed by atoms with Gasteiger partial charge in [-0.15, -0.1) is 0 Å². The van der Waals surface area contributed by atoms with Crippen LogP contribution in [0.4, 0.5) is 4.39 Å². The second-order valence-corrected chi connectivity index (χ2v) is 4.63. The van der Waals surface area contributed by atoms with Crippen molar-refractivity contribution in [1.82, 2.24) is 0 Å². The van der Waals surface area contributed by atoms with E-state index in [2.05, 4.69) is 22.9 Å². The number of unbranched alkanes of at least 4 members (excludes halogenated alkanes) is 2. The van der Waals surface area contributed by atoms with E-state index < -0.39 is 0 Å². The van der Waals surface area contributed by atoms with E-state index in [1.54, 1.807) is 12.1 Å². The lowest BCUT2D eigenvalue weighted by Crippen LogP contribution is -2.10. The fourth-order valence-electron chi connectivity index (χ4n) is 1.52. The van der Waals surface area contributed by atoms with Crippen molar-refractivity contribution in [2.75, 3.05) is 0 Å². The maximum Gasteiger partial charge on any atom is 0.137 e. The number of halogens is 2. The molecule has 1 unspecified atom stereocenters. The first kappa shape index (κ1) is 12.7. The third-order valence-electron chi connectivity index (χ3n) is 2.49. The Hall–Kier alpha value is -0.410. The molecule has 0 fully saturated rings. The lowest BCUT2D eigenvalue weighted by Gasteiger charge is -2.12. The monoisotopic (exact) mass is 273 g/mol. The van der Waals surface area contributed by atoms with E-state index in [9.17, 15) is 4.39 Å². The molecule has 1 rings (SSSR count). The number of rotatable bonds is 5. The maximum atomic E-state index is 13.0. The molecule has 0 saturated heterocycles. The van der Waals surface area contributed by atoms with E-state index in [1.165, 1.54) is 18.9 Å². The average molecular weight is 274 g/mol. The third kappa shape index (κ3) is 3.92. The van der Waals surface area contributed by atoms with Crippen molar-refractivity contribution in [1.29, 1.82) is 0 Å². The van der Waals surface area contributed by atoms with Gasteiger partial charge in [-0.2, -0.15) is 0 Å². The van der Waals surface area contributed by atoms with Gasteiger partial charge >= 0.3 is 0 Å². The van der Waals surface area contributed by atoms with Crippen LogP contribution in [0, 0.1) is 5.82 Å². The van der Waals surface area contributed by atoms with Gasteiger partial charge in [-0.3, -0.25) is 0 Å². The van der Waals surface area contributed by atoms with Gasteiger partial charge in [0.15, 0.2) is 0 Å². The molecule has 0 aliphatic rings. The van der Waals surface area contributed by atoms with Crippen LogP contribution in [0.5, 0.6) is 0 Å². The summed E-state index contributed by atoms with van der Waals surface area (Å²) in [5.74, 6) is -0.237. The third-order valence-corrected chi connectivity index (χ3v) is 3.10. The summed E-state index contributed by atoms with van der Waals surface area (Å²) < 4.78 is 13.5. The Labute approximate surface area is 99.0 Å². The Balaban J connectivity index is 2.57. The molecule has 1 aromatic carbocycles. The van der Waals surface area contributed by atoms with Crippen molar-refractivity contribution in [2.24, 2.45) is 5.73 Å². The van der Waals surface area contributed by atoms with E-state index in [1.807, 2.05) is 0 Å². The molecule has 0 radical (unpaired) electrons. The molecule has 0 saturated carbocycles. The van der Waals surface area contributed by atoms with Gasteiger partial charge in [0.1, 0.15) is 5.82 Å². The highest BCUT2D eigenvalue weighted by atomic mass is 79.9. The largest absolute Gasteiger partial charge is 0.324 e. The standard InChI is InChI=1S/C12H17BrFN/c1-2-3-4-5-12(15)9-6-7-11(14)10(13)8-9/h6-8,12H,2-5,15H2,1H3. The molecular formula is C12H17BrFN. The molecule has 1 nitrogen and oxygen atoms in total. The molecule has 0 aromatic heterocycles. The summed E-state index contributed by atoms with van der Waals surface area (Å²) in [6.07, 6.45) is 4.49. The normalized spacial score (nSPS) is 12.8. The van der Waals surface area contributed by atoms with Crippen molar-refractivity contribution in [3.8, 4) is 0 Å². The molecule has 3 heteroatoms. The van der Waals surface area contributed by atoms with Crippen LogP contribution in [-0.4, -0.2) is 0 Å². The van der Waals surface area contributed by atoms with E-state index in [0.717, 1.165) is 18.4 Å². The summed E-state index contributed by atoms with van der Waals surface area (Å²) >= 11 is 3.17. The first-order valence-corrected chi connectivity index (χ1v) is 6.15. The topological polar surface area (TPSA) is 26.0 Å². The number of hydrogen-bond donors (Lipinski definition) is 1. The van der Waals surface area contributed by atoms with E-state index in [-0.39, 0.29) is 11.9 Å². The molecule has 2 N–H and O–H groups in total. The summed E-state index contributed by atoms with van der Waals surface area (Å²) in [6.45, 7) is 2.17. The fraction of sp³-hybridized carbons (Fsp3) is 0.500. The van der Waals surface area contributed by atoms with Crippen molar-refractivity contribution in [3.05, 3.63) is 34.1 Å². The lowest BCUT2D eigenvalue weighted by molar-refractivity contribution is 0.577. The summed E-state index contributed by atoms with van der Waals surface area (Å²) in [5, 5.41) is 0. The molecule has 0 aliphatic heterocycles. The van der Waals surface area contributed by atoms with Crippen LogP contribution < -0.4 is 5.73 Å². The smallest absolute Gasteiger partial charge is 0.137 e. The highest BCUT2D eigenvalue weighted by Crippen LogP contribution is 2.23. The van der Waals surface area contributed by atoms with Gasteiger partial charge in [0.05, 0.1) is 4.47 Å². The molecule has 1 atom stereocenters. The fourth-order valence-corrected chi connectivity index (χ4v) is 1.92. The zero-order valence-electron chi connectivity index (χ0n) is 8.97. The highest BCUT2D eigenvalue weighted by molar-refractivity contribution is 9.10. The molecule has 84 valence electrons. The molecule has 0 bridgehead atoms. The predicted octanol–water partition coefficient (Wildman–Crippen LogP) is 4.17. The van der Waals surface area contributed by atoms with Gasteiger partial charge in [0.2, 0.25) is 0 Å². The Morgan fingerprint density at radius 3 is 2.73 bits per heavy atom. The van der Waals surface area contributed by atoms with Gasteiger partial charge in [-0.05, 0) is 40.0 Å². The van der Waals surface area contributed by atoms with Crippen molar-refractivity contribution in [2.45, 2.75) is 38.6 Å². The Morgan fingerprint density at radius 2 is 2.13 bits per heavy atom. The summed E-state index contributed by atoms with van der Waals surface area (Å²) in [5.41, 5.74) is 7.01. The minimum Gasteiger partial charge on any atom is -0.324 e. The van der Waals surface area contributed by atoms with Gasteiger partial charge in [-0.25, -0.2) is 4.39 Å². The van der Waals surface area contributed by atoms with Gasteiger partial charge in [-0.1, -0.05) is 32.3 Å². The first-order chi connectivity index (χ1) is 7.15.